The quantitative estimate of drug-likeness (QED) is 0.471. The molecule has 0 atom stereocenters. The molecule has 3 aromatic rings. The molecule has 0 amide bonds. The van der Waals surface area contributed by atoms with Crippen LogP contribution >= 0.6 is 0 Å². The van der Waals surface area contributed by atoms with Crippen molar-refractivity contribution in [2.75, 3.05) is 50.1 Å². The molecule has 1 aliphatic rings. The molecule has 2 aromatic carbocycles. The Hall–Kier alpha value is -3.85. The summed E-state index contributed by atoms with van der Waals surface area (Å²) in [6.45, 7) is 8.30. The highest BCUT2D eigenvalue weighted by atomic mass is 16.5. The highest BCUT2D eigenvalue weighted by Crippen LogP contribution is 2.27. The van der Waals surface area contributed by atoms with Gasteiger partial charge in [-0.15, -0.1) is 0 Å². The fourth-order valence-corrected chi connectivity index (χ4v) is 3.74. The van der Waals surface area contributed by atoms with Crippen LogP contribution in [-0.4, -0.2) is 71.9 Å². The van der Waals surface area contributed by atoms with Gasteiger partial charge in [0.05, 0.1) is 19.3 Å². The predicted molar refractivity (Wildman–Crippen MR) is 132 cm³/mol. The number of fused-ring (bicyclic) bond motifs is 1. The molecule has 0 saturated carbocycles. The molecule has 9 nitrogen and oxygen atoms in total. The summed E-state index contributed by atoms with van der Waals surface area (Å²) in [6.07, 6.45) is 0. The number of nitrogens with zero attached hydrogens (tertiary/aromatic N) is 3. The van der Waals surface area contributed by atoms with Gasteiger partial charge in [-0.1, -0.05) is 31.2 Å². The number of ether oxygens (including phenoxy) is 1. The fourth-order valence-electron chi connectivity index (χ4n) is 3.74. The number of nitrogens with one attached hydrogen (secondary N) is 1. The topological polar surface area (TPSA) is 115 Å². The number of hydrogen-bond acceptors (Lipinski definition) is 7. The minimum atomic E-state index is -1.82. The number of anilines is 2. The maximum absolute atomic E-state index is 9.10. The summed E-state index contributed by atoms with van der Waals surface area (Å²) in [5.74, 6) is -1.67. The van der Waals surface area contributed by atoms with Crippen LogP contribution in [0.25, 0.3) is 10.8 Å². The second-order valence-corrected chi connectivity index (χ2v) is 7.77. The van der Waals surface area contributed by atoms with E-state index in [-0.39, 0.29) is 0 Å². The van der Waals surface area contributed by atoms with Crippen LogP contribution in [0.3, 0.4) is 0 Å². The Kier molecular flexibility index (Phi) is 8.64. The molecule has 34 heavy (non-hydrogen) atoms. The number of hydrogen-bond donors (Lipinski definition) is 3. The summed E-state index contributed by atoms with van der Waals surface area (Å²) in [7, 11) is 1.68. The van der Waals surface area contributed by atoms with E-state index in [1.165, 1.54) is 10.8 Å². The zero-order valence-electron chi connectivity index (χ0n) is 19.4. The molecule has 9 heteroatoms. The number of carboxylic acid groups (broad SMARTS) is 2. The van der Waals surface area contributed by atoms with Crippen LogP contribution in [0.4, 0.5) is 11.5 Å². The highest BCUT2D eigenvalue weighted by molar-refractivity contribution is 6.27. The molecule has 4 rings (SSSR count). The lowest BCUT2D eigenvalue weighted by Gasteiger charge is -2.35. The third-order valence-corrected chi connectivity index (χ3v) is 5.64. The van der Waals surface area contributed by atoms with Crippen LogP contribution in [0.1, 0.15) is 12.6 Å². The first kappa shape index (κ1) is 24.8. The van der Waals surface area contributed by atoms with Crippen molar-refractivity contribution in [3.63, 3.8) is 0 Å². The molecule has 2 heterocycles. The van der Waals surface area contributed by atoms with Gasteiger partial charge >= 0.3 is 11.9 Å². The first-order chi connectivity index (χ1) is 16.4. The van der Waals surface area contributed by atoms with Gasteiger partial charge in [0.25, 0.3) is 0 Å². The summed E-state index contributed by atoms with van der Waals surface area (Å²) in [5.41, 5.74) is 2.12. The molecule has 3 N–H and O–H groups in total. The van der Waals surface area contributed by atoms with E-state index in [0.717, 1.165) is 55.7 Å². The van der Waals surface area contributed by atoms with E-state index >= 15 is 0 Å². The number of likely N-dealkylation sites (N-methyl/N-ethyl adjacent to an activating group) is 1. The van der Waals surface area contributed by atoms with Crippen molar-refractivity contribution in [3.05, 3.63) is 60.3 Å². The van der Waals surface area contributed by atoms with Gasteiger partial charge < -0.3 is 30.1 Å². The Bertz CT molecular complexity index is 1100. The van der Waals surface area contributed by atoms with Gasteiger partial charge in [0, 0.05) is 37.3 Å². The Morgan fingerprint density at radius 3 is 2.24 bits per heavy atom. The third-order valence-electron chi connectivity index (χ3n) is 5.64. The molecule has 0 unspecified atom stereocenters. The van der Waals surface area contributed by atoms with E-state index in [4.69, 9.17) is 29.5 Å². The van der Waals surface area contributed by atoms with Crippen molar-refractivity contribution in [1.82, 2.24) is 9.88 Å². The zero-order valence-corrected chi connectivity index (χ0v) is 19.4. The number of pyridine rings is 1. The van der Waals surface area contributed by atoms with Crippen molar-refractivity contribution in [2.45, 2.75) is 13.5 Å². The molecule has 0 bridgehead atoms. The highest BCUT2D eigenvalue weighted by Gasteiger charge is 2.19. The number of carbonyl (C=O) groups is 2. The average molecular weight is 467 g/mol. The van der Waals surface area contributed by atoms with E-state index in [2.05, 4.69) is 52.4 Å². The summed E-state index contributed by atoms with van der Waals surface area (Å²) >= 11 is 0. The second-order valence-electron chi connectivity index (χ2n) is 7.77. The fraction of sp³-hybridized carbons (Fsp3) is 0.320. The van der Waals surface area contributed by atoms with Crippen molar-refractivity contribution >= 4 is 34.2 Å². The number of rotatable bonds is 6. The van der Waals surface area contributed by atoms with E-state index < -0.39 is 11.9 Å². The molecule has 0 spiro atoms. The molecular formula is C25H30N4O5. The van der Waals surface area contributed by atoms with Gasteiger partial charge in [0.2, 0.25) is 0 Å². The normalized spacial score (nSPS) is 13.6. The number of piperazine rings is 1. The van der Waals surface area contributed by atoms with E-state index in [9.17, 15) is 0 Å². The SMILES string of the molecule is CCN1CCN(c2nc(CNc3ccc(OC)cc3)cc3ccccc23)CC1.O=C(O)C(=O)O. The largest absolute Gasteiger partial charge is 0.497 e. The van der Waals surface area contributed by atoms with Crippen LogP contribution in [0.15, 0.2) is 54.6 Å². The number of methoxy groups -OCH3 is 1. The molecule has 1 fully saturated rings. The number of aromatic nitrogens is 1. The maximum Gasteiger partial charge on any atom is 0.414 e. The van der Waals surface area contributed by atoms with E-state index in [1.807, 2.05) is 24.3 Å². The van der Waals surface area contributed by atoms with Gasteiger partial charge in [-0.3, -0.25) is 0 Å². The first-order valence-electron chi connectivity index (χ1n) is 11.1. The third kappa shape index (κ3) is 6.58. The Balaban J connectivity index is 0.000000481. The molecular weight excluding hydrogens is 436 g/mol. The Morgan fingerprint density at radius 2 is 1.65 bits per heavy atom. The maximum atomic E-state index is 9.10. The smallest absolute Gasteiger partial charge is 0.414 e. The second kappa shape index (κ2) is 11.9. The average Bonchev–Trinajstić information content (AvgIpc) is 2.87. The van der Waals surface area contributed by atoms with Crippen LogP contribution in [0.5, 0.6) is 5.75 Å². The lowest BCUT2D eigenvalue weighted by Crippen LogP contribution is -2.46. The Labute approximate surface area is 198 Å². The van der Waals surface area contributed by atoms with Crippen molar-refractivity contribution in [3.8, 4) is 5.75 Å². The number of benzene rings is 2. The number of aliphatic carboxylic acids is 2. The summed E-state index contributed by atoms with van der Waals surface area (Å²) < 4.78 is 5.23. The van der Waals surface area contributed by atoms with Gasteiger partial charge in [0.1, 0.15) is 11.6 Å². The van der Waals surface area contributed by atoms with E-state index in [1.54, 1.807) is 7.11 Å². The number of carboxylic acids is 2. The molecule has 180 valence electrons. The van der Waals surface area contributed by atoms with Gasteiger partial charge in [0.15, 0.2) is 0 Å². The van der Waals surface area contributed by atoms with Gasteiger partial charge in [-0.05, 0) is 42.3 Å². The minimum absolute atomic E-state index is 0.694. The molecule has 1 aliphatic heterocycles. The van der Waals surface area contributed by atoms with E-state index in [0.29, 0.717) is 6.54 Å². The van der Waals surface area contributed by atoms with Crippen molar-refractivity contribution in [2.24, 2.45) is 0 Å². The summed E-state index contributed by atoms with van der Waals surface area (Å²) in [5, 5.41) is 20.7. The van der Waals surface area contributed by atoms with Crippen LogP contribution in [0, 0.1) is 0 Å². The predicted octanol–water partition coefficient (Wildman–Crippen LogP) is 3.15. The van der Waals surface area contributed by atoms with Crippen molar-refractivity contribution in [1.29, 1.82) is 0 Å². The molecule has 1 aromatic heterocycles. The van der Waals surface area contributed by atoms with Gasteiger partial charge in [-0.2, -0.15) is 0 Å². The lowest BCUT2D eigenvalue weighted by atomic mass is 10.1. The summed E-state index contributed by atoms with van der Waals surface area (Å²) in [6, 6.07) is 18.8. The van der Waals surface area contributed by atoms with Crippen LogP contribution in [-0.2, 0) is 16.1 Å². The molecule has 1 saturated heterocycles. The minimum Gasteiger partial charge on any atom is -0.497 e. The molecule has 0 radical (unpaired) electrons. The van der Waals surface area contributed by atoms with Crippen LogP contribution < -0.4 is 15.0 Å². The van der Waals surface area contributed by atoms with Crippen LogP contribution in [0.2, 0.25) is 0 Å². The lowest BCUT2D eigenvalue weighted by molar-refractivity contribution is -0.159. The monoisotopic (exact) mass is 466 g/mol. The zero-order chi connectivity index (χ0) is 24.5. The summed E-state index contributed by atoms with van der Waals surface area (Å²) in [4.78, 5) is 28.2. The standard InChI is InChI=1S/C23H28N4O.C2H2O4/c1-3-26-12-14-27(15-13-26)23-22-7-5-4-6-18(22)16-20(25-23)17-24-19-8-10-21(28-2)11-9-19;3-1(4)2(5)6/h4-11,16,24H,3,12-15,17H2,1-2H3;(H,3,4)(H,5,6). The Morgan fingerprint density at radius 1 is 1.00 bits per heavy atom. The van der Waals surface area contributed by atoms with Gasteiger partial charge in [-0.25, -0.2) is 14.6 Å². The van der Waals surface area contributed by atoms with Crippen molar-refractivity contribution < 1.29 is 24.5 Å². The first-order valence-corrected chi connectivity index (χ1v) is 11.1. The molecule has 0 aliphatic carbocycles.